The minimum Gasteiger partial charge on any atom is -0.384 e. The smallest absolute Gasteiger partial charge is 0.150 e. The summed E-state index contributed by atoms with van der Waals surface area (Å²) in [7, 11) is 0. The molecule has 114 valence electrons. The average molecular weight is 357 g/mol. The maximum atomic E-state index is 14.4. The van der Waals surface area contributed by atoms with Gasteiger partial charge in [-0.25, -0.2) is 13.8 Å². The normalized spacial score (nSPS) is 12.0. The van der Waals surface area contributed by atoms with E-state index in [4.69, 9.17) is 0 Å². The molecule has 0 atom stereocenters. The van der Waals surface area contributed by atoms with Crippen molar-refractivity contribution in [3.05, 3.63) is 33.9 Å². The number of rotatable bonds is 3. The molecule has 0 aliphatic heterocycles. The molecule has 2 rings (SSSR count). The van der Waals surface area contributed by atoms with E-state index in [0.717, 1.165) is 18.2 Å². The van der Waals surface area contributed by atoms with Crippen molar-refractivity contribution < 1.29 is 8.78 Å². The number of pyridine rings is 1. The van der Waals surface area contributed by atoms with Crippen LogP contribution in [-0.4, -0.2) is 11.5 Å². The first-order chi connectivity index (χ1) is 9.75. The predicted molar refractivity (Wildman–Crippen MR) is 86.8 cm³/mol. The molecule has 0 aliphatic rings. The van der Waals surface area contributed by atoms with Crippen molar-refractivity contribution in [2.24, 2.45) is 0 Å². The molecule has 0 bridgehead atoms. The van der Waals surface area contributed by atoms with Gasteiger partial charge in [-0.15, -0.1) is 0 Å². The second-order valence-corrected chi connectivity index (χ2v) is 6.96. The van der Waals surface area contributed by atoms with Crippen molar-refractivity contribution in [3.63, 3.8) is 0 Å². The zero-order chi connectivity index (χ0) is 15.8. The number of halogens is 3. The van der Waals surface area contributed by atoms with Gasteiger partial charge in [-0.2, -0.15) is 0 Å². The standard InChI is InChI=1S/C16H19BrF2N2/c1-5-6-20-11-8-12(16(2,3)4)21-15-10(18)7-9(17)14(19)13(11)15/h7-8H,5-6H2,1-4H3,(H,20,21). The molecular formula is C16H19BrF2N2. The number of hydrogen-bond donors (Lipinski definition) is 1. The SMILES string of the molecule is CCCNc1cc(C(C)(C)C)nc2c(F)cc(Br)c(F)c12. The van der Waals surface area contributed by atoms with E-state index in [1.807, 2.05) is 33.8 Å². The molecule has 0 spiro atoms. The number of benzene rings is 1. The molecule has 0 saturated heterocycles. The zero-order valence-electron chi connectivity index (χ0n) is 12.7. The highest BCUT2D eigenvalue weighted by molar-refractivity contribution is 9.10. The first kappa shape index (κ1) is 16.1. The fourth-order valence-corrected chi connectivity index (χ4v) is 2.49. The van der Waals surface area contributed by atoms with Gasteiger partial charge >= 0.3 is 0 Å². The van der Waals surface area contributed by atoms with Gasteiger partial charge < -0.3 is 5.32 Å². The Morgan fingerprint density at radius 1 is 1.24 bits per heavy atom. The Labute approximate surface area is 132 Å². The Balaban J connectivity index is 2.81. The lowest BCUT2D eigenvalue weighted by Gasteiger charge is -2.21. The maximum Gasteiger partial charge on any atom is 0.150 e. The van der Waals surface area contributed by atoms with Gasteiger partial charge in [-0.1, -0.05) is 27.7 Å². The third kappa shape index (κ3) is 3.18. The molecule has 5 heteroatoms. The van der Waals surface area contributed by atoms with Crippen molar-refractivity contribution in [2.75, 3.05) is 11.9 Å². The molecule has 0 amide bonds. The van der Waals surface area contributed by atoms with Gasteiger partial charge in [0.15, 0.2) is 5.82 Å². The monoisotopic (exact) mass is 356 g/mol. The molecule has 1 heterocycles. The van der Waals surface area contributed by atoms with Gasteiger partial charge in [-0.05, 0) is 34.5 Å². The van der Waals surface area contributed by atoms with Gasteiger partial charge in [0.1, 0.15) is 11.3 Å². The summed E-state index contributed by atoms with van der Waals surface area (Å²) in [6.45, 7) is 8.71. The Hall–Kier alpha value is -1.23. The van der Waals surface area contributed by atoms with Gasteiger partial charge in [0.2, 0.25) is 0 Å². The van der Waals surface area contributed by atoms with Crippen LogP contribution in [0.2, 0.25) is 0 Å². The highest BCUT2D eigenvalue weighted by Crippen LogP contribution is 2.35. The second kappa shape index (κ2) is 5.87. The molecule has 0 radical (unpaired) electrons. The third-order valence-corrected chi connectivity index (χ3v) is 3.84. The van der Waals surface area contributed by atoms with Crippen molar-refractivity contribution in [3.8, 4) is 0 Å². The van der Waals surface area contributed by atoms with Crippen molar-refractivity contribution in [1.82, 2.24) is 4.98 Å². The van der Waals surface area contributed by atoms with Crippen molar-refractivity contribution in [2.45, 2.75) is 39.5 Å². The Morgan fingerprint density at radius 3 is 2.48 bits per heavy atom. The molecule has 0 saturated carbocycles. The van der Waals surface area contributed by atoms with Crippen LogP contribution < -0.4 is 5.32 Å². The average Bonchev–Trinajstić information content (AvgIpc) is 2.40. The van der Waals surface area contributed by atoms with E-state index in [1.165, 1.54) is 0 Å². The second-order valence-electron chi connectivity index (χ2n) is 6.11. The van der Waals surface area contributed by atoms with E-state index < -0.39 is 11.6 Å². The first-order valence-electron chi connectivity index (χ1n) is 6.98. The maximum absolute atomic E-state index is 14.4. The van der Waals surface area contributed by atoms with Crippen LogP contribution in [-0.2, 0) is 5.41 Å². The molecule has 21 heavy (non-hydrogen) atoms. The first-order valence-corrected chi connectivity index (χ1v) is 7.77. The Kier molecular flexibility index (Phi) is 4.51. The lowest BCUT2D eigenvalue weighted by atomic mass is 9.90. The van der Waals surface area contributed by atoms with Crippen LogP contribution in [0.1, 0.15) is 39.8 Å². The summed E-state index contributed by atoms with van der Waals surface area (Å²) in [6.07, 6.45) is 0.896. The van der Waals surface area contributed by atoms with Crippen molar-refractivity contribution >= 4 is 32.5 Å². The van der Waals surface area contributed by atoms with Crippen molar-refractivity contribution in [1.29, 1.82) is 0 Å². The van der Waals surface area contributed by atoms with Crippen LogP contribution in [0.4, 0.5) is 14.5 Å². The topological polar surface area (TPSA) is 24.9 Å². The fourth-order valence-electron chi connectivity index (χ4n) is 2.09. The zero-order valence-corrected chi connectivity index (χ0v) is 14.2. The summed E-state index contributed by atoms with van der Waals surface area (Å²) in [5.74, 6) is -1.01. The molecule has 0 unspecified atom stereocenters. The van der Waals surface area contributed by atoms with Crippen LogP contribution >= 0.6 is 15.9 Å². The third-order valence-electron chi connectivity index (χ3n) is 3.26. The number of aromatic nitrogens is 1. The Morgan fingerprint density at radius 2 is 1.90 bits per heavy atom. The van der Waals surface area contributed by atoms with E-state index in [1.54, 1.807) is 0 Å². The summed E-state index contributed by atoms with van der Waals surface area (Å²) in [4.78, 5) is 4.34. The van der Waals surface area contributed by atoms with Gasteiger partial charge in [0, 0.05) is 23.3 Å². The van der Waals surface area contributed by atoms with Crippen LogP contribution in [0, 0.1) is 11.6 Å². The number of anilines is 1. The predicted octanol–water partition coefficient (Wildman–Crippen LogP) is 5.39. The van der Waals surface area contributed by atoms with E-state index >= 15 is 0 Å². The highest BCUT2D eigenvalue weighted by Gasteiger charge is 2.22. The molecule has 0 fully saturated rings. The summed E-state index contributed by atoms with van der Waals surface area (Å²) in [6, 6.07) is 2.94. The van der Waals surface area contributed by atoms with Gasteiger partial charge in [-0.3, -0.25) is 0 Å². The number of nitrogens with zero attached hydrogens (tertiary/aromatic N) is 1. The molecular weight excluding hydrogens is 338 g/mol. The largest absolute Gasteiger partial charge is 0.384 e. The Bertz CT molecular complexity index is 678. The summed E-state index contributed by atoms with van der Waals surface area (Å²) >= 11 is 3.06. The molecule has 1 N–H and O–H groups in total. The lowest BCUT2D eigenvalue weighted by Crippen LogP contribution is -2.15. The minimum absolute atomic E-state index is 0.0710. The van der Waals surface area contributed by atoms with Gasteiger partial charge in [0.25, 0.3) is 0 Å². The lowest BCUT2D eigenvalue weighted by molar-refractivity contribution is 0.567. The number of hydrogen-bond acceptors (Lipinski definition) is 2. The molecule has 2 aromatic rings. The van der Waals surface area contributed by atoms with Crippen LogP contribution in [0.5, 0.6) is 0 Å². The summed E-state index contributed by atoms with van der Waals surface area (Å²) in [5.41, 5.74) is 1.15. The van der Waals surface area contributed by atoms with Crippen LogP contribution in [0.3, 0.4) is 0 Å². The summed E-state index contributed by atoms with van der Waals surface area (Å²) < 4.78 is 28.7. The summed E-state index contributed by atoms with van der Waals surface area (Å²) in [5, 5.41) is 3.38. The molecule has 1 aromatic carbocycles. The van der Waals surface area contributed by atoms with Crippen LogP contribution in [0.15, 0.2) is 16.6 Å². The number of nitrogens with one attached hydrogen (secondary N) is 1. The highest BCUT2D eigenvalue weighted by atomic mass is 79.9. The molecule has 2 nitrogen and oxygen atoms in total. The number of fused-ring (bicyclic) bond motifs is 1. The van der Waals surface area contributed by atoms with Gasteiger partial charge in [0.05, 0.1) is 9.86 Å². The quantitative estimate of drug-likeness (QED) is 0.745. The van der Waals surface area contributed by atoms with Crippen LogP contribution in [0.25, 0.3) is 10.9 Å². The molecule has 0 aliphatic carbocycles. The van der Waals surface area contributed by atoms with E-state index in [9.17, 15) is 8.78 Å². The molecule has 1 aromatic heterocycles. The van der Waals surface area contributed by atoms with E-state index in [-0.39, 0.29) is 20.8 Å². The van der Waals surface area contributed by atoms with E-state index in [2.05, 4.69) is 26.2 Å². The minimum atomic E-state index is -0.524. The fraction of sp³-hybridized carbons (Fsp3) is 0.438. The van der Waals surface area contributed by atoms with E-state index in [0.29, 0.717) is 12.2 Å².